The van der Waals surface area contributed by atoms with Crippen LogP contribution in [0.15, 0.2) is 24.8 Å². The maximum Gasteiger partial charge on any atom is 0.407 e. The van der Waals surface area contributed by atoms with Crippen LogP contribution in [0.25, 0.3) is 31.2 Å². The predicted octanol–water partition coefficient (Wildman–Crippen LogP) is 5.39. The van der Waals surface area contributed by atoms with E-state index in [1.165, 1.54) is 36.8 Å². The largest absolute Gasteiger partial charge is 0.465 e. The van der Waals surface area contributed by atoms with E-state index in [4.69, 9.17) is 4.74 Å². The van der Waals surface area contributed by atoms with E-state index in [0.29, 0.717) is 24.7 Å². The van der Waals surface area contributed by atoms with E-state index in [1.807, 2.05) is 27.7 Å². The van der Waals surface area contributed by atoms with Gasteiger partial charge in [0.15, 0.2) is 0 Å². The molecule has 0 unspecified atom stereocenters. The summed E-state index contributed by atoms with van der Waals surface area (Å²) in [5, 5.41) is 13.7. The van der Waals surface area contributed by atoms with Crippen molar-refractivity contribution in [1.82, 2.24) is 49.9 Å². The number of nitrogens with zero attached hydrogens (tertiary/aromatic N) is 7. The van der Waals surface area contributed by atoms with Gasteiger partial charge >= 0.3 is 12.2 Å². The highest BCUT2D eigenvalue weighted by Gasteiger charge is 2.40. The maximum absolute atomic E-state index is 13.6. The van der Waals surface area contributed by atoms with Crippen molar-refractivity contribution in [2.45, 2.75) is 77.5 Å². The number of carboxylic acid groups (broad SMARTS) is 1. The summed E-state index contributed by atoms with van der Waals surface area (Å²) >= 11 is 2.99. The van der Waals surface area contributed by atoms with E-state index in [9.17, 15) is 24.3 Å². The molecule has 0 radical (unpaired) electrons. The first kappa shape index (κ1) is 36.9. The molecule has 2 saturated heterocycles. The second-order valence-electron chi connectivity index (χ2n) is 13.7. The number of methoxy groups -OCH3 is 1. The summed E-state index contributed by atoms with van der Waals surface area (Å²) in [7, 11) is 2.71. The molecule has 0 aliphatic carbocycles. The summed E-state index contributed by atoms with van der Waals surface area (Å²) < 4.78 is 4.74. The lowest BCUT2D eigenvalue weighted by molar-refractivity contribution is -0.138. The summed E-state index contributed by atoms with van der Waals surface area (Å²) in [6.45, 7) is 8.57. The molecule has 2 aliphatic heterocycles. The number of nitrogens with one attached hydrogen (secondary N) is 3. The maximum atomic E-state index is 13.6. The van der Waals surface area contributed by atoms with Crippen LogP contribution in [0, 0.1) is 11.8 Å². The quantitative estimate of drug-likeness (QED) is 0.154. The molecule has 4 aromatic heterocycles. The van der Waals surface area contributed by atoms with Crippen LogP contribution in [-0.2, 0) is 14.3 Å². The molecule has 4 atom stereocenters. The van der Waals surface area contributed by atoms with Gasteiger partial charge in [0, 0.05) is 32.5 Å². The first-order valence-corrected chi connectivity index (χ1v) is 18.9. The summed E-state index contributed by atoms with van der Waals surface area (Å²) in [6, 6.07) is -2.02. The van der Waals surface area contributed by atoms with E-state index in [-0.39, 0.29) is 35.7 Å². The smallest absolute Gasteiger partial charge is 0.407 e. The molecular weight excluding hydrogens is 709 g/mol. The molecule has 4 amide bonds. The van der Waals surface area contributed by atoms with Gasteiger partial charge in [-0.3, -0.25) is 14.5 Å². The molecule has 18 heteroatoms. The van der Waals surface area contributed by atoms with Crippen molar-refractivity contribution in [3.8, 4) is 31.2 Å². The zero-order chi connectivity index (χ0) is 37.3. The van der Waals surface area contributed by atoms with Crippen molar-refractivity contribution in [2.24, 2.45) is 11.8 Å². The fourth-order valence-corrected chi connectivity index (χ4v) is 8.77. The highest BCUT2D eigenvalue weighted by Crippen LogP contribution is 2.39. The van der Waals surface area contributed by atoms with Crippen molar-refractivity contribution >= 4 is 46.7 Å². The Balaban J connectivity index is 1.14. The Morgan fingerprint density at radius 2 is 1.33 bits per heavy atom. The lowest BCUT2D eigenvalue weighted by atomic mass is 10.0. The Hall–Kier alpha value is -4.84. The zero-order valence-corrected chi connectivity index (χ0v) is 31.6. The summed E-state index contributed by atoms with van der Waals surface area (Å²) in [5.74, 6) is 0.623. The number of rotatable bonds is 11. The molecule has 4 N–H and O–H groups in total. The van der Waals surface area contributed by atoms with Crippen molar-refractivity contribution in [1.29, 1.82) is 0 Å². The van der Waals surface area contributed by atoms with Gasteiger partial charge in [0.25, 0.3) is 0 Å². The Bertz CT molecular complexity index is 1920. The number of ether oxygens (including phenoxy) is 1. The number of likely N-dealkylation sites (N-methyl/N-ethyl adjacent to an activating group) is 1. The van der Waals surface area contributed by atoms with Gasteiger partial charge < -0.3 is 34.9 Å². The van der Waals surface area contributed by atoms with E-state index in [1.54, 1.807) is 34.6 Å². The van der Waals surface area contributed by atoms with Crippen molar-refractivity contribution < 1.29 is 29.0 Å². The Labute approximate surface area is 309 Å². The minimum Gasteiger partial charge on any atom is -0.465 e. The molecule has 52 heavy (non-hydrogen) atoms. The van der Waals surface area contributed by atoms with Crippen LogP contribution in [0.5, 0.6) is 0 Å². The summed E-state index contributed by atoms with van der Waals surface area (Å²) in [5.41, 5.74) is 1.47. The summed E-state index contributed by atoms with van der Waals surface area (Å²) in [6.07, 6.45) is 8.37. The topological polar surface area (TPSA) is 203 Å². The van der Waals surface area contributed by atoms with Gasteiger partial charge in [-0.1, -0.05) is 27.7 Å². The number of amides is 4. The molecule has 0 spiro atoms. The average molecular weight is 753 g/mol. The Morgan fingerprint density at radius 3 is 1.77 bits per heavy atom. The number of alkyl carbamates (subject to hydrolysis) is 1. The van der Waals surface area contributed by atoms with Gasteiger partial charge in [-0.2, -0.15) is 0 Å². The minimum atomic E-state index is -1.14. The van der Waals surface area contributed by atoms with Gasteiger partial charge in [0.05, 0.1) is 52.7 Å². The van der Waals surface area contributed by atoms with Crippen LogP contribution in [-0.4, -0.2) is 113 Å². The molecule has 2 aliphatic rings. The number of likely N-dealkylation sites (tertiary alicyclic amines) is 2. The molecule has 0 bridgehead atoms. The number of hydrogen-bond acceptors (Lipinski definition) is 11. The fraction of sp³-hybridized carbons (Fsp3) is 0.529. The third-order valence-electron chi connectivity index (χ3n) is 9.60. The summed E-state index contributed by atoms with van der Waals surface area (Å²) in [4.78, 5) is 82.5. The Morgan fingerprint density at radius 1 is 0.827 bits per heavy atom. The molecule has 6 rings (SSSR count). The SMILES string of the molecule is COC(=O)N[C@H](C(=O)N1CCC[C@H]1c1ncc(-c2ncc(-c3cnc(-c4cnc([C@@H]5CCCN5C(=O)[C@H](C(C)C)N(C)C(=O)O)[nH]4)s3)s2)[nH]1)C(C)C. The van der Waals surface area contributed by atoms with Crippen LogP contribution in [0.4, 0.5) is 9.59 Å². The lowest BCUT2D eigenvalue weighted by Gasteiger charge is -2.33. The van der Waals surface area contributed by atoms with Crippen LogP contribution >= 0.6 is 22.7 Å². The van der Waals surface area contributed by atoms with Crippen molar-refractivity contribution in [2.75, 3.05) is 27.2 Å². The number of aromatic amines is 2. The van der Waals surface area contributed by atoms with Crippen LogP contribution < -0.4 is 5.32 Å². The minimum absolute atomic E-state index is 0.123. The van der Waals surface area contributed by atoms with E-state index >= 15 is 0 Å². The van der Waals surface area contributed by atoms with Gasteiger partial charge in [-0.05, 0) is 37.5 Å². The van der Waals surface area contributed by atoms with Gasteiger partial charge in [0.1, 0.15) is 33.7 Å². The monoisotopic (exact) mass is 752 g/mol. The molecule has 278 valence electrons. The third-order valence-corrected chi connectivity index (χ3v) is 11.9. The number of aromatic nitrogens is 6. The number of carbonyl (C=O) groups is 4. The molecular formula is C34H44N10O6S2. The van der Waals surface area contributed by atoms with Crippen LogP contribution in [0.1, 0.15) is 77.1 Å². The lowest BCUT2D eigenvalue weighted by Crippen LogP contribution is -2.51. The second-order valence-corrected chi connectivity index (χ2v) is 15.8. The predicted molar refractivity (Wildman–Crippen MR) is 194 cm³/mol. The number of H-pyrrole nitrogens is 2. The molecule has 2 fully saturated rings. The first-order chi connectivity index (χ1) is 24.9. The molecule has 0 saturated carbocycles. The van der Waals surface area contributed by atoms with Gasteiger partial charge in [0.2, 0.25) is 11.8 Å². The molecule has 0 aromatic carbocycles. The first-order valence-electron chi connectivity index (χ1n) is 17.3. The van der Waals surface area contributed by atoms with Crippen LogP contribution in [0.3, 0.4) is 0 Å². The van der Waals surface area contributed by atoms with E-state index in [0.717, 1.165) is 61.7 Å². The number of carbonyl (C=O) groups excluding carboxylic acids is 3. The number of hydrogen-bond donors (Lipinski definition) is 4. The molecule has 16 nitrogen and oxygen atoms in total. The van der Waals surface area contributed by atoms with Gasteiger partial charge in [-0.15, -0.1) is 22.7 Å². The number of imidazole rings is 2. The third kappa shape index (κ3) is 7.39. The van der Waals surface area contributed by atoms with E-state index < -0.39 is 24.3 Å². The highest BCUT2D eigenvalue weighted by atomic mass is 32.1. The standard InChI is InChI=1S/C34H44N10O6S2/c1-17(2)25(41-33(47)50-6)31(45)43-11-7-9-21(43)27-35-13-19(39-27)29-37-15-23(51-29)24-16-38-30(52-24)20-14-36-28(40-20)22-10-8-12-44(22)32(46)26(18(3)4)42(5)34(48)49/h13-18,21-22,25-26H,7-12H2,1-6H3,(H,35,39)(H,36,40)(H,41,47)(H,48,49)/t21-,22-,25-,26-/m0/s1. The van der Waals surface area contributed by atoms with Gasteiger partial charge in [-0.25, -0.2) is 29.5 Å². The zero-order valence-electron chi connectivity index (χ0n) is 30.0. The van der Waals surface area contributed by atoms with Crippen LogP contribution in [0.2, 0.25) is 0 Å². The number of thiazole rings is 2. The Kier molecular flexibility index (Phi) is 10.9. The fourth-order valence-electron chi connectivity index (χ4n) is 6.95. The molecule has 6 heterocycles. The van der Waals surface area contributed by atoms with Crippen molar-refractivity contribution in [3.63, 3.8) is 0 Å². The average Bonchev–Trinajstić information content (AvgIpc) is 3.96. The highest BCUT2D eigenvalue weighted by molar-refractivity contribution is 7.24. The second kappa shape index (κ2) is 15.4. The molecule has 4 aromatic rings. The van der Waals surface area contributed by atoms with Crippen molar-refractivity contribution in [3.05, 3.63) is 36.4 Å². The van der Waals surface area contributed by atoms with E-state index in [2.05, 4.69) is 35.2 Å². The normalized spacial score (nSPS) is 18.6.